The van der Waals surface area contributed by atoms with Gasteiger partial charge in [-0.1, -0.05) is 48.5 Å². The maximum atomic E-state index is 5.68. The van der Waals surface area contributed by atoms with Crippen LogP contribution in [-0.4, -0.2) is 6.02 Å². The van der Waals surface area contributed by atoms with E-state index in [2.05, 4.69) is 4.99 Å². The Hall–Kier alpha value is -2.29. The monoisotopic (exact) mass is 226 g/mol. The molecule has 2 N–H and O–H groups in total. The second-order valence-corrected chi connectivity index (χ2v) is 3.56. The maximum absolute atomic E-state index is 5.68. The molecule has 0 unspecified atom stereocenters. The summed E-state index contributed by atoms with van der Waals surface area (Å²) in [5, 5.41) is 0. The Labute approximate surface area is 101 Å². The Bertz CT molecular complexity index is 480. The highest BCUT2D eigenvalue weighted by molar-refractivity contribution is 5.74. The lowest BCUT2D eigenvalue weighted by atomic mass is 10.2. The Morgan fingerprint density at radius 3 is 2.18 bits per heavy atom. The lowest BCUT2D eigenvalue weighted by Gasteiger charge is -2.03. The first-order chi connectivity index (χ1) is 8.34. The van der Waals surface area contributed by atoms with Crippen molar-refractivity contribution in [1.29, 1.82) is 0 Å². The van der Waals surface area contributed by atoms with E-state index in [4.69, 9.17) is 10.5 Å². The minimum absolute atomic E-state index is 0.181. The molecule has 17 heavy (non-hydrogen) atoms. The van der Waals surface area contributed by atoms with Crippen LogP contribution < -0.4 is 10.5 Å². The van der Waals surface area contributed by atoms with Crippen LogP contribution in [0.5, 0.6) is 5.75 Å². The molecule has 0 aliphatic carbocycles. The number of rotatable bonds is 3. The standard InChI is InChI=1S/C14H14N2O/c15-14(17-13-9-5-2-6-10-13)16-11-12-7-3-1-4-8-12/h1-10H,11H2,(H2,15,16). The van der Waals surface area contributed by atoms with E-state index in [9.17, 15) is 0 Å². The van der Waals surface area contributed by atoms with E-state index in [1.54, 1.807) is 0 Å². The summed E-state index contributed by atoms with van der Waals surface area (Å²) >= 11 is 0. The van der Waals surface area contributed by atoms with Gasteiger partial charge in [-0.05, 0) is 17.7 Å². The molecule has 0 radical (unpaired) electrons. The van der Waals surface area contributed by atoms with Gasteiger partial charge in [0.2, 0.25) is 0 Å². The number of nitrogens with two attached hydrogens (primary N) is 1. The van der Waals surface area contributed by atoms with Gasteiger partial charge in [0.15, 0.2) is 0 Å². The zero-order chi connectivity index (χ0) is 11.9. The molecule has 2 rings (SSSR count). The van der Waals surface area contributed by atoms with Gasteiger partial charge < -0.3 is 10.5 Å². The van der Waals surface area contributed by atoms with Crippen molar-refractivity contribution in [3.8, 4) is 5.75 Å². The minimum atomic E-state index is 0.181. The third-order valence-electron chi connectivity index (χ3n) is 2.23. The van der Waals surface area contributed by atoms with Gasteiger partial charge in [0.05, 0.1) is 6.54 Å². The van der Waals surface area contributed by atoms with Crippen molar-refractivity contribution in [3.63, 3.8) is 0 Å². The Morgan fingerprint density at radius 2 is 1.53 bits per heavy atom. The Morgan fingerprint density at radius 1 is 0.941 bits per heavy atom. The average Bonchev–Trinajstić information content (AvgIpc) is 2.39. The van der Waals surface area contributed by atoms with Gasteiger partial charge in [-0.25, -0.2) is 4.99 Å². The number of aliphatic imine (C=N–C) groups is 1. The molecule has 86 valence electrons. The van der Waals surface area contributed by atoms with Gasteiger partial charge in [-0.2, -0.15) is 0 Å². The van der Waals surface area contributed by atoms with Gasteiger partial charge in [0.25, 0.3) is 6.02 Å². The summed E-state index contributed by atoms with van der Waals surface area (Å²) < 4.78 is 5.36. The molecule has 2 aromatic carbocycles. The van der Waals surface area contributed by atoms with Gasteiger partial charge in [0, 0.05) is 0 Å². The molecule has 2 aromatic rings. The van der Waals surface area contributed by atoms with Crippen molar-refractivity contribution in [2.45, 2.75) is 6.54 Å². The van der Waals surface area contributed by atoms with E-state index < -0.39 is 0 Å². The molecule has 0 aromatic heterocycles. The molecule has 0 aliphatic rings. The van der Waals surface area contributed by atoms with Crippen molar-refractivity contribution >= 4 is 6.02 Å². The van der Waals surface area contributed by atoms with E-state index >= 15 is 0 Å². The van der Waals surface area contributed by atoms with E-state index in [0.717, 1.165) is 5.56 Å². The van der Waals surface area contributed by atoms with Crippen LogP contribution >= 0.6 is 0 Å². The lowest BCUT2D eigenvalue weighted by Crippen LogP contribution is -2.19. The van der Waals surface area contributed by atoms with E-state index in [-0.39, 0.29) is 6.02 Å². The fourth-order valence-electron chi connectivity index (χ4n) is 1.39. The molecular formula is C14H14N2O. The van der Waals surface area contributed by atoms with Gasteiger partial charge >= 0.3 is 0 Å². The molecule has 0 bridgehead atoms. The second-order valence-electron chi connectivity index (χ2n) is 3.56. The van der Waals surface area contributed by atoms with E-state index in [0.29, 0.717) is 12.3 Å². The Balaban J connectivity index is 1.94. The highest BCUT2D eigenvalue weighted by Gasteiger charge is 1.96. The molecule has 0 amide bonds. The summed E-state index contributed by atoms with van der Waals surface area (Å²) in [7, 11) is 0. The first-order valence-corrected chi connectivity index (χ1v) is 5.41. The molecule has 0 atom stereocenters. The van der Waals surface area contributed by atoms with Crippen LogP contribution in [0.4, 0.5) is 0 Å². The summed E-state index contributed by atoms with van der Waals surface area (Å²) in [6.45, 7) is 0.527. The van der Waals surface area contributed by atoms with E-state index in [1.807, 2.05) is 60.7 Å². The third-order valence-corrected chi connectivity index (χ3v) is 2.23. The van der Waals surface area contributed by atoms with Crippen molar-refractivity contribution in [3.05, 3.63) is 66.2 Å². The van der Waals surface area contributed by atoms with Gasteiger partial charge in [-0.15, -0.1) is 0 Å². The quantitative estimate of drug-likeness (QED) is 0.646. The number of hydrogen-bond donors (Lipinski definition) is 1. The maximum Gasteiger partial charge on any atom is 0.287 e. The smallest absolute Gasteiger partial charge is 0.287 e. The molecule has 0 saturated heterocycles. The van der Waals surface area contributed by atoms with Crippen molar-refractivity contribution < 1.29 is 4.74 Å². The highest BCUT2D eigenvalue weighted by atomic mass is 16.5. The molecule has 0 aliphatic heterocycles. The van der Waals surface area contributed by atoms with Gasteiger partial charge in [-0.3, -0.25) is 0 Å². The molecule has 3 nitrogen and oxygen atoms in total. The average molecular weight is 226 g/mol. The van der Waals surface area contributed by atoms with Gasteiger partial charge in [0.1, 0.15) is 5.75 Å². The SMILES string of the molecule is NC(=NCc1ccccc1)Oc1ccccc1. The topological polar surface area (TPSA) is 47.6 Å². The number of hydrogen-bond acceptors (Lipinski definition) is 2. The second kappa shape index (κ2) is 5.70. The lowest BCUT2D eigenvalue weighted by molar-refractivity contribution is 0.538. The number of benzene rings is 2. The largest absolute Gasteiger partial charge is 0.426 e. The molecular weight excluding hydrogens is 212 g/mol. The van der Waals surface area contributed by atoms with Crippen LogP contribution in [-0.2, 0) is 6.54 Å². The first kappa shape index (κ1) is 11.2. The molecule has 0 heterocycles. The third kappa shape index (κ3) is 3.65. The number of nitrogens with zero attached hydrogens (tertiary/aromatic N) is 1. The molecule has 0 spiro atoms. The number of ether oxygens (including phenoxy) is 1. The summed E-state index contributed by atoms with van der Waals surface area (Å²) in [6.07, 6.45) is 0. The highest BCUT2D eigenvalue weighted by Crippen LogP contribution is 2.08. The van der Waals surface area contributed by atoms with Crippen LogP contribution in [0.3, 0.4) is 0 Å². The predicted octanol–water partition coefficient (Wildman–Crippen LogP) is 2.58. The fourth-order valence-corrected chi connectivity index (χ4v) is 1.39. The predicted molar refractivity (Wildman–Crippen MR) is 68.8 cm³/mol. The Kier molecular flexibility index (Phi) is 3.76. The minimum Gasteiger partial charge on any atom is -0.426 e. The molecule has 0 saturated carbocycles. The van der Waals surface area contributed by atoms with Crippen LogP contribution in [0.25, 0.3) is 0 Å². The summed E-state index contributed by atoms with van der Waals surface area (Å²) in [6, 6.07) is 19.5. The van der Waals surface area contributed by atoms with Crippen LogP contribution in [0, 0.1) is 0 Å². The number of amidine groups is 1. The van der Waals surface area contributed by atoms with Crippen molar-refractivity contribution in [1.82, 2.24) is 0 Å². The fraction of sp³-hybridized carbons (Fsp3) is 0.0714. The summed E-state index contributed by atoms with van der Waals surface area (Å²) in [5.74, 6) is 0.696. The molecule has 0 fully saturated rings. The van der Waals surface area contributed by atoms with Crippen LogP contribution in [0.15, 0.2) is 65.7 Å². The first-order valence-electron chi connectivity index (χ1n) is 5.41. The van der Waals surface area contributed by atoms with E-state index in [1.165, 1.54) is 0 Å². The normalized spacial score (nSPS) is 11.2. The molecule has 3 heteroatoms. The van der Waals surface area contributed by atoms with Crippen molar-refractivity contribution in [2.24, 2.45) is 10.7 Å². The zero-order valence-electron chi connectivity index (χ0n) is 9.41. The van der Waals surface area contributed by atoms with Crippen LogP contribution in [0.2, 0.25) is 0 Å². The summed E-state index contributed by atoms with van der Waals surface area (Å²) in [5.41, 5.74) is 6.79. The van der Waals surface area contributed by atoms with Crippen molar-refractivity contribution in [2.75, 3.05) is 0 Å². The summed E-state index contributed by atoms with van der Waals surface area (Å²) in [4.78, 5) is 4.16. The zero-order valence-corrected chi connectivity index (χ0v) is 9.41. The number of para-hydroxylation sites is 1. The van der Waals surface area contributed by atoms with Crippen LogP contribution in [0.1, 0.15) is 5.56 Å².